The van der Waals surface area contributed by atoms with Crippen LogP contribution in [-0.2, 0) is 11.3 Å². The molecule has 22 heavy (non-hydrogen) atoms. The van der Waals surface area contributed by atoms with E-state index in [4.69, 9.17) is 0 Å². The number of carbonyl (C=O) groups excluding carboxylic acids is 1. The van der Waals surface area contributed by atoms with Crippen LogP contribution in [0.5, 0.6) is 0 Å². The summed E-state index contributed by atoms with van der Waals surface area (Å²) in [7, 11) is 0. The van der Waals surface area contributed by atoms with Crippen LogP contribution in [0.25, 0.3) is 10.9 Å². The summed E-state index contributed by atoms with van der Waals surface area (Å²) in [5.74, 6) is 0.628. The van der Waals surface area contributed by atoms with Gasteiger partial charge in [-0.2, -0.15) is 0 Å². The van der Waals surface area contributed by atoms with E-state index in [0.29, 0.717) is 36.3 Å². The number of hydrogen-bond acceptors (Lipinski definition) is 3. The molecular weight excluding hydrogens is 278 g/mol. The summed E-state index contributed by atoms with van der Waals surface area (Å²) >= 11 is 0. The van der Waals surface area contributed by atoms with Crippen LogP contribution < -0.4 is 10.9 Å². The molecule has 5 heteroatoms. The van der Waals surface area contributed by atoms with Crippen LogP contribution in [0.2, 0.25) is 0 Å². The molecule has 1 aromatic heterocycles. The fourth-order valence-electron chi connectivity index (χ4n) is 2.31. The lowest BCUT2D eigenvalue weighted by Gasteiger charge is -2.08. The van der Waals surface area contributed by atoms with E-state index in [1.165, 1.54) is 10.9 Å². The van der Waals surface area contributed by atoms with Crippen LogP contribution >= 0.6 is 0 Å². The van der Waals surface area contributed by atoms with Gasteiger partial charge in [-0.1, -0.05) is 26.0 Å². The van der Waals surface area contributed by atoms with Crippen LogP contribution in [-0.4, -0.2) is 22.0 Å². The number of fused-ring (bicyclic) bond motifs is 1. The lowest BCUT2D eigenvalue weighted by molar-refractivity contribution is -0.121. The van der Waals surface area contributed by atoms with Crippen molar-refractivity contribution in [2.45, 2.75) is 39.7 Å². The van der Waals surface area contributed by atoms with Gasteiger partial charge in [0.1, 0.15) is 0 Å². The second-order valence-corrected chi connectivity index (χ2v) is 5.90. The molecular formula is C17H23N3O2. The smallest absolute Gasteiger partial charge is 0.261 e. The summed E-state index contributed by atoms with van der Waals surface area (Å²) in [6.07, 6.45) is 3.90. The first-order valence-electron chi connectivity index (χ1n) is 7.79. The quantitative estimate of drug-likeness (QED) is 0.798. The van der Waals surface area contributed by atoms with E-state index in [1.54, 1.807) is 6.07 Å². The van der Waals surface area contributed by atoms with Crippen molar-refractivity contribution in [2.75, 3.05) is 6.54 Å². The van der Waals surface area contributed by atoms with Crippen molar-refractivity contribution in [3.05, 3.63) is 40.9 Å². The van der Waals surface area contributed by atoms with Crippen LogP contribution in [0.15, 0.2) is 35.4 Å². The standard InChI is InChI=1S/C17H23N3O2/c1-13(2)6-5-10-18-16(21)9-11-20-12-19-15-8-4-3-7-14(15)17(20)22/h3-4,7-8,12-13H,5-6,9-11H2,1-2H3,(H,18,21). The molecule has 0 fully saturated rings. The fourth-order valence-corrected chi connectivity index (χ4v) is 2.31. The van der Waals surface area contributed by atoms with Crippen molar-refractivity contribution in [2.24, 2.45) is 5.92 Å². The third kappa shape index (κ3) is 4.41. The molecule has 5 nitrogen and oxygen atoms in total. The Labute approximate surface area is 130 Å². The number of rotatable bonds is 7. The Bertz CT molecular complexity index is 692. The van der Waals surface area contributed by atoms with Gasteiger partial charge in [0.2, 0.25) is 5.91 Å². The van der Waals surface area contributed by atoms with Crippen molar-refractivity contribution in [1.29, 1.82) is 0 Å². The summed E-state index contributed by atoms with van der Waals surface area (Å²) < 4.78 is 1.50. The lowest BCUT2D eigenvalue weighted by atomic mass is 10.1. The molecule has 0 aliphatic heterocycles. The normalized spacial score (nSPS) is 11.0. The molecule has 0 radical (unpaired) electrons. The van der Waals surface area contributed by atoms with Crippen molar-refractivity contribution >= 4 is 16.8 Å². The number of amides is 1. The van der Waals surface area contributed by atoms with Gasteiger partial charge in [-0.05, 0) is 30.9 Å². The second kappa shape index (κ2) is 7.73. The summed E-state index contributed by atoms with van der Waals surface area (Å²) in [4.78, 5) is 28.3. The number of nitrogens with one attached hydrogen (secondary N) is 1. The molecule has 0 unspecified atom stereocenters. The van der Waals surface area contributed by atoms with Gasteiger partial charge < -0.3 is 5.32 Å². The summed E-state index contributed by atoms with van der Waals surface area (Å²) in [5.41, 5.74) is 0.583. The molecule has 118 valence electrons. The number of aromatic nitrogens is 2. The molecule has 0 spiro atoms. The molecule has 1 aromatic carbocycles. The van der Waals surface area contributed by atoms with Gasteiger partial charge in [-0.3, -0.25) is 14.2 Å². The Balaban J connectivity index is 1.88. The van der Waals surface area contributed by atoms with Gasteiger partial charge in [0, 0.05) is 19.5 Å². The maximum atomic E-state index is 12.3. The zero-order chi connectivity index (χ0) is 15.9. The SMILES string of the molecule is CC(C)CCCNC(=O)CCn1cnc2ccccc2c1=O. The maximum absolute atomic E-state index is 12.3. The molecule has 1 amide bonds. The highest BCUT2D eigenvalue weighted by Crippen LogP contribution is 2.05. The van der Waals surface area contributed by atoms with E-state index in [0.717, 1.165) is 12.8 Å². The summed E-state index contributed by atoms with van der Waals surface area (Å²) in [6.45, 7) is 5.39. The Hall–Kier alpha value is -2.17. The van der Waals surface area contributed by atoms with Crippen molar-refractivity contribution < 1.29 is 4.79 Å². The largest absolute Gasteiger partial charge is 0.356 e. The van der Waals surface area contributed by atoms with E-state index in [2.05, 4.69) is 24.1 Å². The highest BCUT2D eigenvalue weighted by Gasteiger charge is 2.06. The van der Waals surface area contributed by atoms with Crippen LogP contribution in [0, 0.1) is 5.92 Å². The average Bonchev–Trinajstić information content (AvgIpc) is 2.51. The molecule has 1 heterocycles. The Morgan fingerprint density at radius 2 is 2.09 bits per heavy atom. The zero-order valence-corrected chi connectivity index (χ0v) is 13.2. The van der Waals surface area contributed by atoms with E-state index in [9.17, 15) is 9.59 Å². The number of para-hydroxylation sites is 1. The van der Waals surface area contributed by atoms with Crippen LogP contribution in [0.3, 0.4) is 0 Å². The molecule has 0 aliphatic carbocycles. The van der Waals surface area contributed by atoms with Gasteiger partial charge in [-0.25, -0.2) is 4.98 Å². The number of benzene rings is 1. The molecule has 0 saturated heterocycles. The maximum Gasteiger partial charge on any atom is 0.261 e. The molecule has 0 atom stereocenters. The highest BCUT2D eigenvalue weighted by molar-refractivity contribution is 5.77. The predicted molar refractivity (Wildman–Crippen MR) is 87.7 cm³/mol. The first-order chi connectivity index (χ1) is 10.6. The van der Waals surface area contributed by atoms with Crippen molar-refractivity contribution in [3.8, 4) is 0 Å². The van der Waals surface area contributed by atoms with Gasteiger partial charge in [0.25, 0.3) is 5.56 Å². The Morgan fingerprint density at radius 1 is 1.32 bits per heavy atom. The molecule has 0 saturated carbocycles. The van der Waals surface area contributed by atoms with Crippen LogP contribution in [0.1, 0.15) is 33.1 Å². The minimum atomic E-state index is -0.0989. The van der Waals surface area contributed by atoms with Crippen molar-refractivity contribution in [3.63, 3.8) is 0 Å². The molecule has 2 rings (SSSR count). The predicted octanol–water partition coefficient (Wildman–Crippen LogP) is 2.34. The first-order valence-corrected chi connectivity index (χ1v) is 7.79. The van der Waals surface area contributed by atoms with Gasteiger partial charge in [0.15, 0.2) is 0 Å². The van der Waals surface area contributed by atoms with E-state index in [-0.39, 0.29) is 11.5 Å². The Kier molecular flexibility index (Phi) is 5.69. The number of nitrogens with zero attached hydrogens (tertiary/aromatic N) is 2. The topological polar surface area (TPSA) is 64.0 Å². The molecule has 2 aromatic rings. The molecule has 1 N–H and O–H groups in total. The zero-order valence-electron chi connectivity index (χ0n) is 13.2. The average molecular weight is 301 g/mol. The third-order valence-electron chi connectivity index (χ3n) is 3.59. The van der Waals surface area contributed by atoms with Gasteiger partial charge in [0.05, 0.1) is 17.2 Å². The number of aryl methyl sites for hydroxylation is 1. The minimum Gasteiger partial charge on any atom is -0.356 e. The fraction of sp³-hybridized carbons (Fsp3) is 0.471. The summed E-state index contributed by atoms with van der Waals surface area (Å²) in [6, 6.07) is 7.23. The van der Waals surface area contributed by atoms with Crippen LogP contribution in [0.4, 0.5) is 0 Å². The third-order valence-corrected chi connectivity index (χ3v) is 3.59. The highest BCUT2D eigenvalue weighted by atomic mass is 16.1. The second-order valence-electron chi connectivity index (χ2n) is 5.90. The Morgan fingerprint density at radius 3 is 2.86 bits per heavy atom. The monoisotopic (exact) mass is 301 g/mol. The minimum absolute atomic E-state index is 0.0242. The number of hydrogen-bond donors (Lipinski definition) is 1. The van der Waals surface area contributed by atoms with Crippen molar-refractivity contribution in [1.82, 2.24) is 14.9 Å². The summed E-state index contributed by atoms with van der Waals surface area (Å²) in [5, 5.41) is 3.48. The van der Waals surface area contributed by atoms with Gasteiger partial charge in [-0.15, -0.1) is 0 Å². The van der Waals surface area contributed by atoms with E-state index >= 15 is 0 Å². The molecule has 0 aliphatic rings. The number of carbonyl (C=O) groups is 1. The molecule has 0 bridgehead atoms. The van der Waals surface area contributed by atoms with Gasteiger partial charge >= 0.3 is 0 Å². The lowest BCUT2D eigenvalue weighted by Crippen LogP contribution is -2.28. The first kappa shape index (κ1) is 16.2. The van der Waals surface area contributed by atoms with E-state index in [1.807, 2.05) is 18.2 Å². The van der Waals surface area contributed by atoms with E-state index < -0.39 is 0 Å².